The Hall–Kier alpha value is -2.77. The predicted octanol–water partition coefficient (Wildman–Crippen LogP) is 4.26. The molecule has 4 rings (SSSR count). The van der Waals surface area contributed by atoms with Crippen molar-refractivity contribution in [1.82, 2.24) is 4.90 Å². The highest BCUT2D eigenvalue weighted by Crippen LogP contribution is 2.35. The zero-order chi connectivity index (χ0) is 16.5. The van der Waals surface area contributed by atoms with Gasteiger partial charge in [0.2, 0.25) is 0 Å². The zero-order valence-corrected chi connectivity index (χ0v) is 13.5. The van der Waals surface area contributed by atoms with Crippen LogP contribution in [0.4, 0.5) is 0 Å². The summed E-state index contributed by atoms with van der Waals surface area (Å²) in [5.41, 5.74) is 1.79. The molecule has 0 aliphatic carbocycles. The van der Waals surface area contributed by atoms with E-state index in [0.29, 0.717) is 5.56 Å². The molecule has 120 valence electrons. The molecule has 1 unspecified atom stereocenters. The molecule has 0 saturated carbocycles. The number of furan rings is 1. The topological polar surface area (TPSA) is 49.4 Å². The van der Waals surface area contributed by atoms with Gasteiger partial charge in [0.25, 0.3) is 0 Å². The SMILES string of the molecule is CN1CCC(Oc2ccc(C#N)c3ccccc23)c2ccoc2C1. The summed E-state index contributed by atoms with van der Waals surface area (Å²) in [6.45, 7) is 1.75. The van der Waals surface area contributed by atoms with E-state index in [1.54, 1.807) is 6.26 Å². The summed E-state index contributed by atoms with van der Waals surface area (Å²) in [5.74, 6) is 1.78. The van der Waals surface area contributed by atoms with Crippen LogP contribution in [0.5, 0.6) is 5.75 Å². The normalized spacial score (nSPS) is 17.9. The van der Waals surface area contributed by atoms with Crippen molar-refractivity contribution in [2.75, 3.05) is 13.6 Å². The number of nitrogens with zero attached hydrogens (tertiary/aromatic N) is 2. The third-order valence-electron chi connectivity index (χ3n) is 4.59. The highest BCUT2D eigenvalue weighted by molar-refractivity contribution is 5.92. The van der Waals surface area contributed by atoms with Crippen molar-refractivity contribution in [3.05, 3.63) is 65.6 Å². The fourth-order valence-electron chi connectivity index (χ4n) is 3.33. The Morgan fingerprint density at radius 2 is 2.00 bits per heavy atom. The number of hydrogen-bond donors (Lipinski definition) is 0. The van der Waals surface area contributed by atoms with Gasteiger partial charge in [-0.1, -0.05) is 24.3 Å². The lowest BCUT2D eigenvalue weighted by atomic mass is 10.0. The van der Waals surface area contributed by atoms with E-state index in [0.717, 1.165) is 47.4 Å². The van der Waals surface area contributed by atoms with Gasteiger partial charge in [-0.3, -0.25) is 4.90 Å². The lowest BCUT2D eigenvalue weighted by Crippen LogP contribution is -2.18. The Morgan fingerprint density at radius 1 is 1.17 bits per heavy atom. The lowest BCUT2D eigenvalue weighted by molar-refractivity contribution is 0.185. The van der Waals surface area contributed by atoms with Gasteiger partial charge in [0, 0.05) is 29.3 Å². The maximum Gasteiger partial charge on any atom is 0.128 e. The first-order valence-corrected chi connectivity index (χ1v) is 8.09. The Morgan fingerprint density at radius 3 is 2.83 bits per heavy atom. The van der Waals surface area contributed by atoms with Crippen LogP contribution in [0.15, 0.2) is 53.1 Å². The Labute approximate surface area is 140 Å². The van der Waals surface area contributed by atoms with Crippen LogP contribution in [-0.4, -0.2) is 18.5 Å². The van der Waals surface area contributed by atoms with Gasteiger partial charge in [0.15, 0.2) is 0 Å². The molecule has 2 heterocycles. The molecule has 0 N–H and O–H groups in total. The second kappa shape index (κ2) is 6.03. The van der Waals surface area contributed by atoms with Crippen LogP contribution >= 0.6 is 0 Å². The second-order valence-corrected chi connectivity index (χ2v) is 6.20. The summed E-state index contributed by atoms with van der Waals surface area (Å²) in [5, 5.41) is 11.2. The lowest BCUT2D eigenvalue weighted by Gasteiger charge is -2.19. The van der Waals surface area contributed by atoms with Crippen molar-refractivity contribution < 1.29 is 9.15 Å². The van der Waals surface area contributed by atoms with Crippen LogP contribution in [0.1, 0.15) is 29.4 Å². The molecule has 4 heteroatoms. The van der Waals surface area contributed by atoms with E-state index >= 15 is 0 Å². The van der Waals surface area contributed by atoms with Crippen LogP contribution < -0.4 is 4.74 Å². The van der Waals surface area contributed by atoms with E-state index in [9.17, 15) is 5.26 Å². The summed E-state index contributed by atoms with van der Waals surface area (Å²) in [6.07, 6.45) is 2.59. The summed E-state index contributed by atoms with van der Waals surface area (Å²) in [6, 6.07) is 15.9. The maximum absolute atomic E-state index is 9.31. The van der Waals surface area contributed by atoms with Crippen molar-refractivity contribution >= 4 is 10.8 Å². The summed E-state index contributed by atoms with van der Waals surface area (Å²) < 4.78 is 12.0. The first-order chi connectivity index (χ1) is 11.8. The van der Waals surface area contributed by atoms with Crippen LogP contribution in [0.2, 0.25) is 0 Å². The fourth-order valence-corrected chi connectivity index (χ4v) is 3.33. The predicted molar refractivity (Wildman–Crippen MR) is 91.7 cm³/mol. The number of nitriles is 1. The molecule has 3 aromatic rings. The second-order valence-electron chi connectivity index (χ2n) is 6.20. The van der Waals surface area contributed by atoms with Gasteiger partial charge >= 0.3 is 0 Å². The van der Waals surface area contributed by atoms with Crippen LogP contribution in [0.3, 0.4) is 0 Å². The molecule has 1 aliphatic rings. The molecular formula is C20H18N2O2. The largest absolute Gasteiger partial charge is 0.485 e. The van der Waals surface area contributed by atoms with Crippen LogP contribution in [-0.2, 0) is 6.54 Å². The molecule has 1 aliphatic heterocycles. The number of fused-ring (bicyclic) bond motifs is 2. The molecule has 24 heavy (non-hydrogen) atoms. The Balaban J connectivity index is 1.75. The quantitative estimate of drug-likeness (QED) is 0.708. The van der Waals surface area contributed by atoms with Crippen molar-refractivity contribution in [3.63, 3.8) is 0 Å². The van der Waals surface area contributed by atoms with Crippen molar-refractivity contribution in [2.45, 2.75) is 19.1 Å². The van der Waals surface area contributed by atoms with E-state index in [1.807, 2.05) is 42.5 Å². The van der Waals surface area contributed by atoms with E-state index in [2.05, 4.69) is 18.0 Å². The van der Waals surface area contributed by atoms with Crippen molar-refractivity contribution in [1.29, 1.82) is 5.26 Å². The number of hydrogen-bond acceptors (Lipinski definition) is 4. The fraction of sp³-hybridized carbons (Fsp3) is 0.250. The van der Waals surface area contributed by atoms with Gasteiger partial charge < -0.3 is 9.15 Å². The summed E-state index contributed by atoms with van der Waals surface area (Å²) in [7, 11) is 2.09. The number of ether oxygens (including phenoxy) is 1. The molecule has 0 saturated heterocycles. The zero-order valence-electron chi connectivity index (χ0n) is 13.5. The first-order valence-electron chi connectivity index (χ1n) is 8.09. The van der Waals surface area contributed by atoms with E-state index in [-0.39, 0.29) is 6.10 Å². The minimum Gasteiger partial charge on any atom is -0.485 e. The Bertz CT molecular complexity index is 923. The van der Waals surface area contributed by atoms with Gasteiger partial charge in [0.05, 0.1) is 24.4 Å². The first kappa shape index (κ1) is 14.8. The molecule has 4 nitrogen and oxygen atoms in total. The molecule has 1 aromatic heterocycles. The molecule has 0 fully saturated rings. The summed E-state index contributed by atoms with van der Waals surface area (Å²) in [4.78, 5) is 2.24. The molecule has 1 atom stereocenters. The summed E-state index contributed by atoms with van der Waals surface area (Å²) >= 11 is 0. The maximum atomic E-state index is 9.31. The highest BCUT2D eigenvalue weighted by atomic mass is 16.5. The molecule has 0 bridgehead atoms. The third kappa shape index (κ3) is 2.53. The Kier molecular flexibility index (Phi) is 3.72. The van der Waals surface area contributed by atoms with Crippen LogP contribution in [0, 0.1) is 11.3 Å². The van der Waals surface area contributed by atoms with E-state index in [1.165, 1.54) is 0 Å². The third-order valence-corrected chi connectivity index (χ3v) is 4.59. The van der Waals surface area contributed by atoms with Gasteiger partial charge in [-0.15, -0.1) is 0 Å². The van der Waals surface area contributed by atoms with Crippen molar-refractivity contribution in [3.8, 4) is 11.8 Å². The van der Waals surface area contributed by atoms with Gasteiger partial charge in [-0.05, 0) is 25.2 Å². The average molecular weight is 318 g/mol. The van der Waals surface area contributed by atoms with E-state index < -0.39 is 0 Å². The molecular weight excluding hydrogens is 300 g/mol. The monoisotopic (exact) mass is 318 g/mol. The van der Waals surface area contributed by atoms with Gasteiger partial charge in [-0.2, -0.15) is 5.26 Å². The molecule has 0 amide bonds. The van der Waals surface area contributed by atoms with Gasteiger partial charge in [0.1, 0.15) is 17.6 Å². The molecule has 2 aromatic carbocycles. The average Bonchev–Trinajstić information content (AvgIpc) is 3.01. The smallest absolute Gasteiger partial charge is 0.128 e. The minimum absolute atomic E-state index is 0.0416. The van der Waals surface area contributed by atoms with E-state index in [4.69, 9.17) is 9.15 Å². The molecule has 0 spiro atoms. The molecule has 0 radical (unpaired) electrons. The van der Waals surface area contributed by atoms with Crippen LogP contribution in [0.25, 0.3) is 10.8 Å². The van der Waals surface area contributed by atoms with Crippen molar-refractivity contribution in [2.24, 2.45) is 0 Å². The standard InChI is InChI=1S/C20H18N2O2/c1-22-10-8-19(17-9-11-23-20(17)13-22)24-18-7-6-14(12-21)15-4-2-3-5-16(15)18/h2-7,9,11,19H,8,10,13H2,1H3. The minimum atomic E-state index is -0.0416. The number of benzene rings is 2. The highest BCUT2D eigenvalue weighted by Gasteiger charge is 2.25. The number of rotatable bonds is 2. The van der Waals surface area contributed by atoms with Gasteiger partial charge in [-0.25, -0.2) is 0 Å².